The molecule has 0 radical (unpaired) electrons. The van der Waals surface area contributed by atoms with E-state index in [1.165, 1.54) is 82.4 Å². The largest absolute Gasteiger partial charge is 0.491 e. The summed E-state index contributed by atoms with van der Waals surface area (Å²) in [4.78, 5) is 0. The lowest BCUT2D eigenvalue weighted by Crippen LogP contribution is -2.28. The molecule has 2 aromatic carbocycles. The quantitative estimate of drug-likeness (QED) is 0.321. The van der Waals surface area contributed by atoms with E-state index in [2.05, 4.69) is 13.8 Å². The molecular weight excluding hydrogens is 461 g/mol. The first-order valence-electron chi connectivity index (χ1n) is 14.3. The monoisotopic (exact) mass is 504 g/mol. The fourth-order valence-corrected chi connectivity index (χ4v) is 6.84. The molecule has 2 nitrogen and oxygen atoms in total. The van der Waals surface area contributed by atoms with Gasteiger partial charge in [-0.1, -0.05) is 45.6 Å². The normalized spacial score (nSPS) is 25.6. The first kappa shape index (κ1) is 27.1. The Morgan fingerprint density at radius 1 is 0.806 bits per heavy atom. The molecule has 4 rings (SSSR count). The van der Waals surface area contributed by atoms with E-state index in [4.69, 9.17) is 9.47 Å². The van der Waals surface area contributed by atoms with E-state index < -0.39 is 22.8 Å². The standard InChI is InChI=1S/C31H43F3O2/c1-4-6-21-7-9-23(10-8-21)24-13-11-22(12-14-24)20(3)17-18-36-27-19-25-15-16-26(35-5-2)29(32)28(25)31(34)30(27)33/h15-16,19-24H,4-14,17-18H2,1-3H3. The van der Waals surface area contributed by atoms with E-state index in [0.29, 0.717) is 18.4 Å². The number of hydrogen-bond donors (Lipinski definition) is 0. The van der Waals surface area contributed by atoms with Crippen LogP contribution >= 0.6 is 0 Å². The van der Waals surface area contributed by atoms with Crippen LogP contribution in [-0.4, -0.2) is 13.2 Å². The number of ether oxygens (including phenoxy) is 2. The van der Waals surface area contributed by atoms with Gasteiger partial charge in [0.05, 0.1) is 18.6 Å². The molecule has 0 heterocycles. The first-order valence-corrected chi connectivity index (χ1v) is 14.3. The highest BCUT2D eigenvalue weighted by Crippen LogP contribution is 2.44. The van der Waals surface area contributed by atoms with E-state index in [9.17, 15) is 13.2 Å². The molecule has 1 unspecified atom stereocenters. The van der Waals surface area contributed by atoms with Crippen molar-refractivity contribution in [1.82, 2.24) is 0 Å². The maximum Gasteiger partial charge on any atom is 0.201 e. The molecular formula is C31H43F3O2. The molecule has 0 N–H and O–H groups in total. The van der Waals surface area contributed by atoms with Crippen LogP contribution in [0.15, 0.2) is 18.2 Å². The van der Waals surface area contributed by atoms with E-state index in [-0.39, 0.29) is 23.5 Å². The third-order valence-corrected chi connectivity index (χ3v) is 9.06. The van der Waals surface area contributed by atoms with Crippen LogP contribution in [0.5, 0.6) is 11.5 Å². The zero-order valence-corrected chi connectivity index (χ0v) is 22.3. The zero-order chi connectivity index (χ0) is 25.7. The lowest BCUT2D eigenvalue weighted by atomic mass is 9.67. The van der Waals surface area contributed by atoms with Crippen LogP contribution in [0.25, 0.3) is 10.8 Å². The van der Waals surface area contributed by atoms with E-state index in [1.54, 1.807) is 6.92 Å². The molecule has 0 bridgehead atoms. The summed E-state index contributed by atoms with van der Waals surface area (Å²) in [6.07, 6.45) is 14.4. The Bertz CT molecular complexity index is 991. The van der Waals surface area contributed by atoms with Crippen molar-refractivity contribution in [3.05, 3.63) is 35.7 Å². The van der Waals surface area contributed by atoms with Gasteiger partial charge < -0.3 is 9.47 Å². The van der Waals surface area contributed by atoms with Crippen LogP contribution in [0, 0.1) is 47.0 Å². The molecule has 2 fully saturated rings. The van der Waals surface area contributed by atoms with Gasteiger partial charge in [0.15, 0.2) is 23.1 Å². The van der Waals surface area contributed by atoms with Crippen LogP contribution in [0.4, 0.5) is 13.2 Å². The van der Waals surface area contributed by atoms with Crippen molar-refractivity contribution in [1.29, 1.82) is 0 Å². The van der Waals surface area contributed by atoms with Gasteiger partial charge in [-0.05, 0) is 99.0 Å². The third kappa shape index (κ3) is 6.14. The minimum atomic E-state index is -1.23. The highest BCUT2D eigenvalue weighted by atomic mass is 19.2. The van der Waals surface area contributed by atoms with Gasteiger partial charge in [-0.2, -0.15) is 4.39 Å². The van der Waals surface area contributed by atoms with Gasteiger partial charge in [-0.3, -0.25) is 0 Å². The van der Waals surface area contributed by atoms with Crippen molar-refractivity contribution in [2.45, 2.75) is 91.4 Å². The maximum absolute atomic E-state index is 14.7. The van der Waals surface area contributed by atoms with Crippen molar-refractivity contribution in [3.63, 3.8) is 0 Å². The maximum atomic E-state index is 14.7. The highest BCUT2D eigenvalue weighted by Gasteiger charge is 2.32. The summed E-state index contributed by atoms with van der Waals surface area (Å²) in [5.74, 6) is 0.460. The molecule has 0 aromatic heterocycles. The summed E-state index contributed by atoms with van der Waals surface area (Å²) < 4.78 is 54.9. The average Bonchev–Trinajstić information content (AvgIpc) is 2.89. The Morgan fingerprint density at radius 3 is 2.11 bits per heavy atom. The molecule has 36 heavy (non-hydrogen) atoms. The van der Waals surface area contributed by atoms with Crippen molar-refractivity contribution >= 4 is 10.8 Å². The molecule has 0 saturated heterocycles. The van der Waals surface area contributed by atoms with Gasteiger partial charge in [-0.25, -0.2) is 8.78 Å². The Morgan fingerprint density at radius 2 is 1.47 bits per heavy atom. The number of benzene rings is 2. The lowest BCUT2D eigenvalue weighted by Gasteiger charge is -2.39. The Balaban J connectivity index is 1.27. The molecule has 2 saturated carbocycles. The third-order valence-electron chi connectivity index (χ3n) is 9.06. The fourth-order valence-electron chi connectivity index (χ4n) is 6.84. The molecule has 2 aromatic rings. The second kappa shape index (κ2) is 12.6. The van der Waals surface area contributed by atoms with E-state index >= 15 is 0 Å². The van der Waals surface area contributed by atoms with Crippen molar-refractivity contribution in [3.8, 4) is 11.5 Å². The molecule has 0 amide bonds. The summed E-state index contributed by atoms with van der Waals surface area (Å²) in [6.45, 7) is 6.84. The van der Waals surface area contributed by atoms with Gasteiger partial charge in [-0.15, -0.1) is 0 Å². The van der Waals surface area contributed by atoms with Crippen LogP contribution in [0.3, 0.4) is 0 Å². The molecule has 5 heteroatoms. The molecule has 1 atom stereocenters. The van der Waals surface area contributed by atoms with Crippen molar-refractivity contribution < 1.29 is 22.6 Å². The number of rotatable bonds is 10. The van der Waals surface area contributed by atoms with Gasteiger partial charge >= 0.3 is 0 Å². The Kier molecular flexibility index (Phi) is 9.47. The zero-order valence-electron chi connectivity index (χ0n) is 22.3. The Hall–Kier alpha value is -1.91. The summed E-state index contributed by atoms with van der Waals surface area (Å²) in [5.41, 5.74) is 0. The van der Waals surface area contributed by atoms with Crippen molar-refractivity contribution in [2.24, 2.45) is 29.6 Å². The summed E-state index contributed by atoms with van der Waals surface area (Å²) in [5, 5.41) is -0.130. The lowest BCUT2D eigenvalue weighted by molar-refractivity contribution is 0.119. The highest BCUT2D eigenvalue weighted by molar-refractivity contribution is 5.86. The number of hydrogen-bond acceptors (Lipinski definition) is 2. The van der Waals surface area contributed by atoms with E-state index in [1.807, 2.05) is 0 Å². The molecule has 200 valence electrons. The average molecular weight is 505 g/mol. The van der Waals surface area contributed by atoms with Crippen LogP contribution < -0.4 is 9.47 Å². The summed E-state index contributed by atoms with van der Waals surface area (Å²) in [7, 11) is 0. The predicted molar refractivity (Wildman–Crippen MR) is 140 cm³/mol. The van der Waals surface area contributed by atoms with E-state index in [0.717, 1.165) is 24.2 Å². The molecule has 2 aliphatic carbocycles. The van der Waals surface area contributed by atoms with Gasteiger partial charge in [0, 0.05) is 0 Å². The molecule has 2 aliphatic rings. The summed E-state index contributed by atoms with van der Waals surface area (Å²) >= 11 is 0. The van der Waals surface area contributed by atoms with Crippen LogP contribution in [0.1, 0.15) is 91.4 Å². The second-order valence-corrected chi connectivity index (χ2v) is 11.3. The molecule has 0 aliphatic heterocycles. The SMILES string of the molecule is CCCC1CCC(C2CCC(C(C)CCOc3cc4ccc(OCC)c(F)c4c(F)c3F)CC2)CC1. The first-order chi connectivity index (χ1) is 17.4. The van der Waals surface area contributed by atoms with Gasteiger partial charge in [0.1, 0.15) is 0 Å². The number of fused-ring (bicyclic) bond motifs is 1. The minimum absolute atomic E-state index is 0.0790. The predicted octanol–water partition coefficient (Wildman–Crippen LogP) is 9.47. The smallest absolute Gasteiger partial charge is 0.201 e. The minimum Gasteiger partial charge on any atom is -0.491 e. The second-order valence-electron chi connectivity index (χ2n) is 11.3. The molecule has 0 spiro atoms. The topological polar surface area (TPSA) is 18.5 Å². The van der Waals surface area contributed by atoms with Gasteiger partial charge in [0.2, 0.25) is 5.82 Å². The summed E-state index contributed by atoms with van der Waals surface area (Å²) in [6, 6.07) is 4.37. The van der Waals surface area contributed by atoms with Crippen LogP contribution in [-0.2, 0) is 0 Å². The fraction of sp³-hybridized carbons (Fsp3) is 0.677. The van der Waals surface area contributed by atoms with Crippen LogP contribution in [0.2, 0.25) is 0 Å². The van der Waals surface area contributed by atoms with Gasteiger partial charge in [0.25, 0.3) is 0 Å². The van der Waals surface area contributed by atoms with Crippen molar-refractivity contribution in [2.75, 3.05) is 13.2 Å². The number of halogens is 3. The Labute approximate surface area is 214 Å².